The van der Waals surface area contributed by atoms with E-state index in [1.807, 2.05) is 4.90 Å². The van der Waals surface area contributed by atoms with Gasteiger partial charge in [-0.3, -0.25) is 4.79 Å². The predicted molar refractivity (Wildman–Crippen MR) is 76.4 cm³/mol. The molecule has 0 radical (unpaired) electrons. The van der Waals surface area contributed by atoms with Crippen LogP contribution in [0.1, 0.15) is 29.6 Å². The molecule has 1 aliphatic heterocycles. The van der Waals surface area contributed by atoms with E-state index in [1.165, 1.54) is 12.1 Å². The third-order valence-corrected chi connectivity index (χ3v) is 3.95. The highest BCUT2D eigenvalue weighted by Gasteiger charge is 2.24. The number of likely N-dealkylation sites (tertiary alicyclic amines) is 1. The monoisotopic (exact) mass is 328 g/mol. The summed E-state index contributed by atoms with van der Waals surface area (Å²) in [6, 6.07) is 4.31. The Bertz CT molecular complexity index is 445. The third kappa shape index (κ3) is 3.76. The normalized spacial score (nSPS) is 19.5. The summed E-state index contributed by atoms with van der Waals surface area (Å²) in [7, 11) is 0. The van der Waals surface area contributed by atoms with Gasteiger partial charge < -0.3 is 10.6 Å². The van der Waals surface area contributed by atoms with Gasteiger partial charge in [-0.25, -0.2) is 4.39 Å². The molecule has 3 nitrogen and oxygen atoms in total. The quantitative estimate of drug-likeness (QED) is 0.927. The number of hydrogen-bond acceptors (Lipinski definition) is 2. The van der Waals surface area contributed by atoms with Crippen LogP contribution >= 0.6 is 15.9 Å². The van der Waals surface area contributed by atoms with Gasteiger partial charge in [-0.2, -0.15) is 0 Å². The van der Waals surface area contributed by atoms with Crippen LogP contribution in [0.2, 0.25) is 0 Å². The van der Waals surface area contributed by atoms with Crippen LogP contribution < -0.4 is 5.73 Å². The number of nitrogens with two attached hydrogens (primary N) is 1. The van der Waals surface area contributed by atoms with Crippen molar-refractivity contribution in [1.82, 2.24) is 4.90 Å². The third-order valence-electron chi connectivity index (χ3n) is 3.49. The minimum atomic E-state index is -0.395. The summed E-state index contributed by atoms with van der Waals surface area (Å²) in [6.45, 7) is 2.12. The van der Waals surface area contributed by atoms with Crippen LogP contribution in [0.3, 0.4) is 0 Å². The van der Waals surface area contributed by atoms with Crippen molar-refractivity contribution in [3.8, 4) is 0 Å². The summed E-state index contributed by atoms with van der Waals surface area (Å²) in [4.78, 5) is 14.2. The topological polar surface area (TPSA) is 46.3 Å². The first-order valence-electron chi connectivity index (χ1n) is 6.55. The smallest absolute Gasteiger partial charge is 0.254 e. The summed E-state index contributed by atoms with van der Waals surface area (Å²) < 4.78 is 13.9. The van der Waals surface area contributed by atoms with Gasteiger partial charge in [0.25, 0.3) is 5.91 Å². The summed E-state index contributed by atoms with van der Waals surface area (Å²) >= 11 is 3.21. The summed E-state index contributed by atoms with van der Waals surface area (Å²) in [5.74, 6) is -0.0186. The van der Waals surface area contributed by atoms with E-state index in [-0.39, 0.29) is 5.91 Å². The first kappa shape index (κ1) is 14.5. The molecule has 0 spiro atoms. The molecule has 1 fully saturated rings. The SMILES string of the molecule is NCCC1CCCN(C(=O)c2cc(F)cc(Br)c2)C1. The van der Waals surface area contributed by atoms with Crippen molar-refractivity contribution in [2.45, 2.75) is 19.3 Å². The zero-order chi connectivity index (χ0) is 13.8. The van der Waals surface area contributed by atoms with E-state index in [0.717, 1.165) is 32.4 Å². The van der Waals surface area contributed by atoms with Gasteiger partial charge in [-0.05, 0) is 49.9 Å². The fraction of sp³-hybridized carbons (Fsp3) is 0.500. The lowest BCUT2D eigenvalue weighted by atomic mass is 9.94. The van der Waals surface area contributed by atoms with Gasteiger partial charge in [0.05, 0.1) is 0 Å². The van der Waals surface area contributed by atoms with Crippen LogP contribution in [0.5, 0.6) is 0 Å². The Kier molecular flexibility index (Phi) is 4.93. The first-order valence-corrected chi connectivity index (χ1v) is 7.35. The Hall–Kier alpha value is -0.940. The molecule has 1 aliphatic rings. The molecular weight excluding hydrogens is 311 g/mol. The highest BCUT2D eigenvalue weighted by molar-refractivity contribution is 9.10. The molecule has 104 valence electrons. The van der Waals surface area contributed by atoms with Crippen LogP contribution in [0.4, 0.5) is 4.39 Å². The van der Waals surface area contributed by atoms with Crippen LogP contribution in [0.15, 0.2) is 22.7 Å². The van der Waals surface area contributed by atoms with Gasteiger partial charge in [0, 0.05) is 23.1 Å². The lowest BCUT2D eigenvalue weighted by Gasteiger charge is -2.32. The van der Waals surface area contributed by atoms with Crippen LogP contribution in [0.25, 0.3) is 0 Å². The van der Waals surface area contributed by atoms with Gasteiger partial charge in [0.15, 0.2) is 0 Å². The number of hydrogen-bond donors (Lipinski definition) is 1. The fourth-order valence-corrected chi connectivity index (χ4v) is 3.05. The average Bonchev–Trinajstić information content (AvgIpc) is 2.37. The Balaban J connectivity index is 2.10. The van der Waals surface area contributed by atoms with Gasteiger partial charge in [-0.1, -0.05) is 15.9 Å². The van der Waals surface area contributed by atoms with Crippen molar-refractivity contribution >= 4 is 21.8 Å². The molecule has 0 aromatic heterocycles. The predicted octanol–water partition coefficient (Wildman–Crippen LogP) is 2.79. The molecule has 1 unspecified atom stereocenters. The highest BCUT2D eigenvalue weighted by atomic mass is 79.9. The second-order valence-corrected chi connectivity index (χ2v) is 5.91. The zero-order valence-electron chi connectivity index (χ0n) is 10.7. The van der Waals surface area contributed by atoms with E-state index in [4.69, 9.17) is 5.73 Å². The molecule has 0 bridgehead atoms. The number of carbonyl (C=O) groups excluding carboxylic acids is 1. The maximum atomic E-state index is 13.3. The Morgan fingerprint density at radius 3 is 2.95 bits per heavy atom. The number of nitrogens with zero attached hydrogens (tertiary/aromatic N) is 1. The number of carbonyl (C=O) groups is 1. The van der Waals surface area contributed by atoms with Crippen molar-refractivity contribution in [3.05, 3.63) is 34.1 Å². The Morgan fingerprint density at radius 1 is 1.47 bits per heavy atom. The second-order valence-electron chi connectivity index (χ2n) is 4.99. The van der Waals surface area contributed by atoms with E-state index in [9.17, 15) is 9.18 Å². The second kappa shape index (κ2) is 6.48. The average molecular weight is 329 g/mol. The van der Waals surface area contributed by atoms with Crippen LogP contribution in [-0.4, -0.2) is 30.4 Å². The molecule has 1 aromatic rings. The van der Waals surface area contributed by atoms with Gasteiger partial charge >= 0.3 is 0 Å². The Labute approximate surface area is 121 Å². The van der Waals surface area contributed by atoms with Gasteiger partial charge in [-0.15, -0.1) is 0 Å². The molecule has 1 heterocycles. The lowest BCUT2D eigenvalue weighted by Crippen LogP contribution is -2.40. The number of benzene rings is 1. The molecule has 1 aromatic carbocycles. The molecule has 0 saturated carbocycles. The van der Waals surface area contributed by atoms with E-state index in [1.54, 1.807) is 6.07 Å². The number of amides is 1. The molecule has 1 saturated heterocycles. The van der Waals surface area contributed by atoms with Gasteiger partial charge in [0.1, 0.15) is 5.82 Å². The largest absolute Gasteiger partial charge is 0.338 e. The molecule has 2 N–H and O–H groups in total. The maximum Gasteiger partial charge on any atom is 0.254 e. The zero-order valence-corrected chi connectivity index (χ0v) is 12.3. The standard InChI is InChI=1S/C14H18BrFN2O/c15-12-6-11(7-13(16)8-12)14(19)18-5-1-2-10(9-18)3-4-17/h6-8,10H,1-5,9,17H2. The van der Waals surface area contributed by atoms with Crippen LogP contribution in [0, 0.1) is 11.7 Å². The molecule has 5 heteroatoms. The molecule has 1 amide bonds. The Morgan fingerprint density at radius 2 is 2.26 bits per heavy atom. The van der Waals surface area contributed by atoms with E-state index < -0.39 is 5.82 Å². The van der Waals surface area contributed by atoms with E-state index in [2.05, 4.69) is 15.9 Å². The fourth-order valence-electron chi connectivity index (χ4n) is 2.58. The first-order chi connectivity index (χ1) is 9.10. The van der Waals surface area contributed by atoms with Crippen molar-refractivity contribution in [3.63, 3.8) is 0 Å². The summed E-state index contributed by atoms with van der Waals surface area (Å²) in [5.41, 5.74) is 5.98. The number of rotatable bonds is 3. The molecular formula is C14H18BrFN2O. The number of piperidine rings is 1. The van der Waals surface area contributed by atoms with Crippen molar-refractivity contribution in [2.24, 2.45) is 11.7 Å². The highest BCUT2D eigenvalue weighted by Crippen LogP contribution is 2.22. The molecule has 1 atom stereocenters. The summed E-state index contributed by atoms with van der Waals surface area (Å²) in [6.07, 6.45) is 3.05. The minimum absolute atomic E-state index is 0.0954. The number of halogens is 2. The molecule has 19 heavy (non-hydrogen) atoms. The molecule has 2 rings (SSSR count). The lowest BCUT2D eigenvalue weighted by molar-refractivity contribution is 0.0669. The van der Waals surface area contributed by atoms with E-state index >= 15 is 0 Å². The van der Waals surface area contributed by atoms with Gasteiger partial charge in [0.2, 0.25) is 0 Å². The maximum absolute atomic E-state index is 13.3. The van der Waals surface area contributed by atoms with E-state index in [0.29, 0.717) is 22.5 Å². The van der Waals surface area contributed by atoms with Crippen molar-refractivity contribution < 1.29 is 9.18 Å². The molecule has 0 aliphatic carbocycles. The van der Waals surface area contributed by atoms with Crippen molar-refractivity contribution in [2.75, 3.05) is 19.6 Å². The summed E-state index contributed by atoms with van der Waals surface area (Å²) in [5, 5.41) is 0. The van der Waals surface area contributed by atoms with Crippen LogP contribution in [-0.2, 0) is 0 Å². The minimum Gasteiger partial charge on any atom is -0.338 e. The van der Waals surface area contributed by atoms with Crippen molar-refractivity contribution in [1.29, 1.82) is 0 Å².